The van der Waals surface area contributed by atoms with E-state index in [1.807, 2.05) is 26.8 Å². The van der Waals surface area contributed by atoms with Crippen molar-refractivity contribution in [3.63, 3.8) is 0 Å². The van der Waals surface area contributed by atoms with Crippen LogP contribution < -0.4 is 4.74 Å². The number of benzene rings is 1. The predicted octanol–water partition coefficient (Wildman–Crippen LogP) is 3.67. The Morgan fingerprint density at radius 2 is 2.10 bits per heavy atom. The van der Waals surface area contributed by atoms with E-state index >= 15 is 0 Å². The van der Waals surface area contributed by atoms with Crippen molar-refractivity contribution in [2.75, 3.05) is 7.11 Å². The van der Waals surface area contributed by atoms with E-state index in [-0.39, 0.29) is 11.8 Å². The molecule has 0 bridgehead atoms. The number of aromatic nitrogens is 2. The Morgan fingerprint density at radius 1 is 1.40 bits per heavy atom. The average Bonchev–Trinajstić information content (AvgIpc) is 2.80. The number of ether oxygens (including phenoxy) is 1. The molecule has 0 N–H and O–H groups in total. The molecule has 0 spiro atoms. The molecule has 2 aromatic rings. The third-order valence-electron chi connectivity index (χ3n) is 3.13. The summed E-state index contributed by atoms with van der Waals surface area (Å²) in [5.74, 6) is 0.530. The Hall–Kier alpha value is -1.81. The van der Waals surface area contributed by atoms with Crippen LogP contribution in [0.5, 0.6) is 5.75 Å². The van der Waals surface area contributed by atoms with Gasteiger partial charge in [-0.3, -0.25) is 9.48 Å². The van der Waals surface area contributed by atoms with Crippen molar-refractivity contribution in [1.29, 1.82) is 0 Å². The molecule has 2 rings (SSSR count). The number of carbonyl (C=O) groups is 1. The van der Waals surface area contributed by atoms with E-state index in [0.29, 0.717) is 22.0 Å². The van der Waals surface area contributed by atoms with Gasteiger partial charge < -0.3 is 4.74 Å². The first-order chi connectivity index (χ1) is 9.45. The number of ketones is 1. The van der Waals surface area contributed by atoms with Crippen molar-refractivity contribution < 1.29 is 9.53 Å². The molecule has 0 fully saturated rings. The molecule has 0 saturated heterocycles. The third-order valence-corrected chi connectivity index (χ3v) is 3.40. The fraction of sp³-hybridized carbons (Fsp3) is 0.333. The topological polar surface area (TPSA) is 44.1 Å². The van der Waals surface area contributed by atoms with Gasteiger partial charge in [-0.05, 0) is 32.4 Å². The maximum absolute atomic E-state index is 12.6. The molecule has 0 aliphatic carbocycles. The number of hydrogen-bond acceptors (Lipinski definition) is 3. The van der Waals surface area contributed by atoms with Crippen molar-refractivity contribution in [3.05, 3.63) is 46.2 Å². The van der Waals surface area contributed by atoms with Gasteiger partial charge in [0.1, 0.15) is 11.4 Å². The summed E-state index contributed by atoms with van der Waals surface area (Å²) in [6, 6.07) is 5.42. The Morgan fingerprint density at radius 3 is 2.70 bits per heavy atom. The number of halogens is 1. The molecule has 1 heterocycles. The average molecular weight is 293 g/mol. The Kier molecular flexibility index (Phi) is 4.14. The minimum atomic E-state index is -0.153. The summed E-state index contributed by atoms with van der Waals surface area (Å²) < 4.78 is 6.89. The molecule has 0 amide bonds. The summed E-state index contributed by atoms with van der Waals surface area (Å²) in [4.78, 5) is 12.6. The van der Waals surface area contributed by atoms with E-state index in [1.165, 1.54) is 6.20 Å². The van der Waals surface area contributed by atoms with Crippen LogP contribution in [0.4, 0.5) is 0 Å². The zero-order valence-electron chi connectivity index (χ0n) is 12.0. The van der Waals surface area contributed by atoms with Gasteiger partial charge in [0.05, 0.1) is 18.3 Å². The second kappa shape index (κ2) is 5.67. The van der Waals surface area contributed by atoms with Crippen molar-refractivity contribution in [3.8, 4) is 5.75 Å². The maximum atomic E-state index is 12.6. The molecule has 1 aromatic carbocycles. The standard InChI is InChI=1S/C15H17ClN2O2/c1-9(2)18-14(12(16)8-17-18)15(19)11-6-5-10(3)13(7-11)20-4/h5-9H,1-4H3. The SMILES string of the molecule is COc1cc(C(=O)c2c(Cl)cnn2C(C)C)ccc1C. The normalized spacial score (nSPS) is 10.9. The van der Waals surface area contributed by atoms with Gasteiger partial charge in [0, 0.05) is 11.6 Å². The smallest absolute Gasteiger partial charge is 0.212 e. The summed E-state index contributed by atoms with van der Waals surface area (Å²) >= 11 is 6.10. The van der Waals surface area contributed by atoms with Crippen LogP contribution in [0.25, 0.3) is 0 Å². The third kappa shape index (κ3) is 2.56. The molecule has 0 saturated carbocycles. The molecule has 5 heteroatoms. The first-order valence-electron chi connectivity index (χ1n) is 6.38. The summed E-state index contributed by atoms with van der Waals surface area (Å²) in [5, 5.41) is 4.52. The van der Waals surface area contributed by atoms with Crippen LogP contribution in [0.3, 0.4) is 0 Å². The van der Waals surface area contributed by atoms with E-state index in [4.69, 9.17) is 16.3 Å². The Bertz CT molecular complexity index is 647. The van der Waals surface area contributed by atoms with Crippen LogP contribution in [0.1, 0.15) is 41.5 Å². The molecule has 1 aromatic heterocycles. The van der Waals surface area contributed by atoms with Crippen molar-refractivity contribution in [2.24, 2.45) is 0 Å². The Labute approximate surface area is 123 Å². The largest absolute Gasteiger partial charge is 0.496 e. The van der Waals surface area contributed by atoms with Crippen molar-refractivity contribution in [2.45, 2.75) is 26.8 Å². The van der Waals surface area contributed by atoms with Crippen LogP contribution in [0.2, 0.25) is 5.02 Å². The number of hydrogen-bond donors (Lipinski definition) is 0. The lowest BCUT2D eigenvalue weighted by Gasteiger charge is -2.11. The first kappa shape index (κ1) is 14.6. The van der Waals surface area contributed by atoms with E-state index in [1.54, 1.807) is 23.9 Å². The van der Waals surface area contributed by atoms with Crippen molar-refractivity contribution >= 4 is 17.4 Å². The van der Waals surface area contributed by atoms with Gasteiger partial charge in [-0.15, -0.1) is 0 Å². The first-order valence-corrected chi connectivity index (χ1v) is 6.75. The summed E-state index contributed by atoms with van der Waals surface area (Å²) in [6.07, 6.45) is 1.50. The highest BCUT2D eigenvalue weighted by Gasteiger charge is 2.21. The van der Waals surface area contributed by atoms with Gasteiger partial charge in [0.2, 0.25) is 5.78 Å². The highest BCUT2D eigenvalue weighted by Crippen LogP contribution is 2.25. The van der Waals surface area contributed by atoms with E-state index in [0.717, 1.165) is 5.56 Å². The molecule has 0 atom stereocenters. The number of rotatable bonds is 4. The lowest BCUT2D eigenvalue weighted by Crippen LogP contribution is -2.14. The van der Waals surface area contributed by atoms with Gasteiger partial charge in [-0.1, -0.05) is 23.7 Å². The van der Waals surface area contributed by atoms with E-state index in [9.17, 15) is 4.79 Å². The second-order valence-corrected chi connectivity index (χ2v) is 5.30. The Balaban J connectivity index is 2.49. The van der Waals surface area contributed by atoms with Crippen LogP contribution in [0.15, 0.2) is 24.4 Å². The maximum Gasteiger partial charge on any atom is 0.212 e. The fourth-order valence-electron chi connectivity index (χ4n) is 2.04. The van der Waals surface area contributed by atoms with Gasteiger partial charge in [0.25, 0.3) is 0 Å². The summed E-state index contributed by atoms with van der Waals surface area (Å²) in [6.45, 7) is 5.84. The minimum Gasteiger partial charge on any atom is -0.496 e. The quantitative estimate of drug-likeness (QED) is 0.808. The number of carbonyl (C=O) groups excluding carboxylic acids is 1. The van der Waals surface area contributed by atoms with Gasteiger partial charge >= 0.3 is 0 Å². The second-order valence-electron chi connectivity index (χ2n) is 4.89. The van der Waals surface area contributed by atoms with Gasteiger partial charge in [-0.25, -0.2) is 0 Å². The zero-order chi connectivity index (χ0) is 14.9. The molecule has 0 aliphatic rings. The van der Waals surface area contributed by atoms with E-state index < -0.39 is 0 Å². The van der Waals surface area contributed by atoms with E-state index in [2.05, 4.69) is 5.10 Å². The highest BCUT2D eigenvalue weighted by atomic mass is 35.5. The molecular weight excluding hydrogens is 276 g/mol. The van der Waals surface area contributed by atoms with Crippen LogP contribution in [-0.4, -0.2) is 22.7 Å². The van der Waals surface area contributed by atoms with Crippen LogP contribution in [-0.2, 0) is 0 Å². The van der Waals surface area contributed by atoms with Gasteiger partial charge in [0.15, 0.2) is 0 Å². The molecular formula is C15H17ClN2O2. The zero-order valence-corrected chi connectivity index (χ0v) is 12.7. The molecule has 0 radical (unpaired) electrons. The van der Waals surface area contributed by atoms with Gasteiger partial charge in [-0.2, -0.15) is 5.10 Å². The minimum absolute atomic E-state index is 0.0637. The molecule has 0 aliphatic heterocycles. The molecule has 0 unspecified atom stereocenters. The summed E-state index contributed by atoms with van der Waals surface area (Å²) in [7, 11) is 1.59. The van der Waals surface area contributed by atoms with Crippen LogP contribution >= 0.6 is 11.6 Å². The lowest BCUT2D eigenvalue weighted by molar-refractivity contribution is 0.102. The number of methoxy groups -OCH3 is 1. The highest BCUT2D eigenvalue weighted by molar-refractivity contribution is 6.34. The summed E-state index contributed by atoms with van der Waals surface area (Å²) in [5.41, 5.74) is 1.93. The van der Waals surface area contributed by atoms with Crippen LogP contribution in [0, 0.1) is 6.92 Å². The monoisotopic (exact) mass is 292 g/mol. The fourth-order valence-corrected chi connectivity index (χ4v) is 2.26. The molecule has 106 valence electrons. The molecule has 20 heavy (non-hydrogen) atoms. The number of nitrogens with zero attached hydrogens (tertiary/aromatic N) is 2. The molecule has 4 nitrogen and oxygen atoms in total. The van der Waals surface area contributed by atoms with Crippen molar-refractivity contribution in [1.82, 2.24) is 9.78 Å². The predicted molar refractivity (Wildman–Crippen MR) is 78.8 cm³/mol. The number of aryl methyl sites for hydroxylation is 1. The lowest BCUT2D eigenvalue weighted by atomic mass is 10.1.